The van der Waals surface area contributed by atoms with Crippen molar-refractivity contribution in [3.63, 3.8) is 0 Å². The molecule has 17 heavy (non-hydrogen) atoms. The monoisotopic (exact) mass is 299 g/mol. The lowest BCUT2D eigenvalue weighted by Crippen LogP contribution is -1.97. The number of halogens is 1. The zero-order valence-electron chi connectivity index (χ0n) is 8.57. The number of hydrogen-bond donors (Lipinski definition) is 0. The van der Waals surface area contributed by atoms with Crippen molar-refractivity contribution in [3.05, 3.63) is 33.2 Å². The van der Waals surface area contributed by atoms with Crippen molar-refractivity contribution < 1.29 is 9.66 Å². The quantitative estimate of drug-likeness (QED) is 0.632. The lowest BCUT2D eigenvalue weighted by atomic mass is 10.4. The maximum Gasteiger partial charge on any atom is 0.342 e. The fraction of sp³-hybridized carbons (Fsp3) is 0.125. The van der Waals surface area contributed by atoms with Crippen LogP contribution in [0.3, 0.4) is 0 Å². The Morgan fingerprint density at radius 3 is 2.88 bits per heavy atom. The van der Waals surface area contributed by atoms with Crippen molar-refractivity contribution in [2.45, 2.75) is 0 Å². The van der Waals surface area contributed by atoms with Crippen LogP contribution in [0.2, 0.25) is 0 Å². The first-order valence-corrected chi connectivity index (χ1v) is 5.19. The lowest BCUT2D eigenvalue weighted by Gasteiger charge is -2.00. The van der Waals surface area contributed by atoms with Gasteiger partial charge in [-0.25, -0.2) is 4.98 Å². The topological polar surface area (TPSA) is 96.0 Å². The predicted octanol–water partition coefficient (Wildman–Crippen LogP) is 1.67. The average Bonchev–Trinajstić information content (AvgIpc) is 2.66. The van der Waals surface area contributed by atoms with Gasteiger partial charge in [-0.05, 0) is 15.9 Å². The minimum atomic E-state index is -0.587. The van der Waals surface area contributed by atoms with Crippen LogP contribution in [-0.2, 0) is 7.05 Å². The van der Waals surface area contributed by atoms with Gasteiger partial charge in [-0.1, -0.05) is 0 Å². The summed E-state index contributed by atoms with van der Waals surface area (Å²) in [6.45, 7) is 0. The molecule has 0 aliphatic rings. The first kappa shape index (κ1) is 11.5. The number of pyridine rings is 1. The molecule has 0 radical (unpaired) electrons. The summed E-state index contributed by atoms with van der Waals surface area (Å²) in [5.41, 5.74) is -0.258. The molecule has 0 aromatic carbocycles. The van der Waals surface area contributed by atoms with Crippen LogP contribution in [-0.4, -0.2) is 24.7 Å². The number of aryl methyl sites for hydroxylation is 1. The van der Waals surface area contributed by atoms with Crippen molar-refractivity contribution in [2.24, 2.45) is 7.05 Å². The first-order chi connectivity index (χ1) is 8.06. The maximum absolute atomic E-state index is 10.8. The molecule has 0 atom stereocenters. The SMILES string of the molecule is Cn1cnc(Oc2ncc(Br)cc2[N+](=O)[O-])n1. The zero-order valence-corrected chi connectivity index (χ0v) is 10.2. The Labute approximate surface area is 104 Å². The van der Waals surface area contributed by atoms with E-state index in [0.717, 1.165) is 0 Å². The number of nitrogens with zero attached hydrogens (tertiary/aromatic N) is 5. The van der Waals surface area contributed by atoms with Gasteiger partial charge in [0.05, 0.1) is 4.92 Å². The van der Waals surface area contributed by atoms with Gasteiger partial charge < -0.3 is 4.74 Å². The Hall–Kier alpha value is -2.03. The second-order valence-corrected chi connectivity index (χ2v) is 3.95. The molecule has 9 heteroatoms. The van der Waals surface area contributed by atoms with Crippen LogP contribution >= 0.6 is 15.9 Å². The third kappa shape index (κ3) is 2.56. The molecule has 2 aromatic rings. The standard InChI is InChI=1S/C8H6BrN5O3/c1-13-4-11-8(12-13)17-7-6(14(15)16)2-5(9)3-10-7/h2-4H,1H3. The van der Waals surface area contributed by atoms with E-state index in [1.807, 2.05) is 0 Å². The molecular weight excluding hydrogens is 294 g/mol. The molecule has 0 aliphatic carbocycles. The molecule has 0 unspecified atom stereocenters. The van der Waals surface area contributed by atoms with Crippen molar-refractivity contribution in [1.82, 2.24) is 19.7 Å². The van der Waals surface area contributed by atoms with Gasteiger partial charge in [-0.2, -0.15) is 4.98 Å². The molecule has 0 fully saturated rings. The van der Waals surface area contributed by atoms with E-state index in [-0.39, 0.29) is 17.6 Å². The van der Waals surface area contributed by atoms with Gasteiger partial charge in [-0.15, -0.1) is 5.10 Å². The molecule has 0 saturated heterocycles. The summed E-state index contributed by atoms with van der Waals surface area (Å²) in [6, 6.07) is 1.30. The van der Waals surface area contributed by atoms with Crippen LogP contribution < -0.4 is 4.74 Å². The van der Waals surface area contributed by atoms with E-state index >= 15 is 0 Å². The van der Waals surface area contributed by atoms with E-state index in [1.165, 1.54) is 23.3 Å². The Morgan fingerprint density at radius 1 is 1.53 bits per heavy atom. The summed E-state index contributed by atoms with van der Waals surface area (Å²) >= 11 is 3.10. The van der Waals surface area contributed by atoms with Crippen LogP contribution in [0.4, 0.5) is 5.69 Å². The Kier molecular flexibility index (Phi) is 3.00. The highest BCUT2D eigenvalue weighted by Crippen LogP contribution is 2.29. The number of rotatable bonds is 3. The highest BCUT2D eigenvalue weighted by Gasteiger charge is 2.19. The van der Waals surface area contributed by atoms with Crippen molar-refractivity contribution in [2.75, 3.05) is 0 Å². The van der Waals surface area contributed by atoms with Crippen LogP contribution in [0.1, 0.15) is 0 Å². The molecule has 0 amide bonds. The van der Waals surface area contributed by atoms with E-state index in [1.54, 1.807) is 7.05 Å². The molecule has 2 heterocycles. The minimum Gasteiger partial charge on any atom is -0.397 e. The average molecular weight is 300 g/mol. The first-order valence-electron chi connectivity index (χ1n) is 4.39. The molecule has 0 N–H and O–H groups in total. The van der Waals surface area contributed by atoms with E-state index < -0.39 is 4.92 Å². The third-order valence-corrected chi connectivity index (χ3v) is 2.20. The number of ether oxygens (including phenoxy) is 1. The van der Waals surface area contributed by atoms with E-state index in [0.29, 0.717) is 4.47 Å². The predicted molar refractivity (Wildman–Crippen MR) is 59.7 cm³/mol. The highest BCUT2D eigenvalue weighted by atomic mass is 79.9. The van der Waals surface area contributed by atoms with Gasteiger partial charge in [-0.3, -0.25) is 14.8 Å². The Bertz CT molecular complexity index is 570. The number of aromatic nitrogens is 4. The molecule has 8 nitrogen and oxygen atoms in total. The summed E-state index contributed by atoms with van der Waals surface area (Å²) in [7, 11) is 1.66. The molecule has 2 aromatic heterocycles. The lowest BCUT2D eigenvalue weighted by molar-refractivity contribution is -0.386. The molecular formula is C8H6BrN5O3. The van der Waals surface area contributed by atoms with Crippen molar-refractivity contribution >= 4 is 21.6 Å². The molecule has 0 bridgehead atoms. The fourth-order valence-corrected chi connectivity index (χ4v) is 1.40. The molecule has 0 aliphatic heterocycles. The summed E-state index contributed by atoms with van der Waals surface area (Å²) in [5, 5.41) is 14.6. The summed E-state index contributed by atoms with van der Waals surface area (Å²) in [6.07, 6.45) is 2.81. The summed E-state index contributed by atoms with van der Waals surface area (Å²) in [4.78, 5) is 17.8. The minimum absolute atomic E-state index is 0.00502. The Balaban J connectivity index is 2.35. The maximum atomic E-state index is 10.8. The fourth-order valence-electron chi connectivity index (χ4n) is 1.08. The van der Waals surface area contributed by atoms with Crippen LogP contribution in [0, 0.1) is 10.1 Å². The molecule has 88 valence electrons. The smallest absolute Gasteiger partial charge is 0.342 e. The van der Waals surface area contributed by atoms with Crippen LogP contribution in [0.5, 0.6) is 11.9 Å². The Morgan fingerprint density at radius 2 is 2.29 bits per heavy atom. The van der Waals surface area contributed by atoms with Gasteiger partial charge in [0, 0.05) is 23.8 Å². The van der Waals surface area contributed by atoms with E-state index in [9.17, 15) is 10.1 Å². The largest absolute Gasteiger partial charge is 0.397 e. The van der Waals surface area contributed by atoms with Gasteiger partial charge in [0.1, 0.15) is 6.33 Å². The normalized spacial score (nSPS) is 10.2. The number of hydrogen-bond acceptors (Lipinski definition) is 6. The van der Waals surface area contributed by atoms with E-state index in [4.69, 9.17) is 4.74 Å². The van der Waals surface area contributed by atoms with Crippen molar-refractivity contribution in [1.29, 1.82) is 0 Å². The molecule has 0 spiro atoms. The summed E-state index contributed by atoms with van der Waals surface area (Å²) in [5.74, 6) is -0.149. The van der Waals surface area contributed by atoms with Crippen molar-refractivity contribution in [3.8, 4) is 11.9 Å². The molecule has 0 saturated carbocycles. The third-order valence-electron chi connectivity index (χ3n) is 1.76. The second-order valence-electron chi connectivity index (χ2n) is 3.04. The van der Waals surface area contributed by atoms with Gasteiger partial charge in [0.25, 0.3) is 0 Å². The van der Waals surface area contributed by atoms with Gasteiger partial charge in [0.2, 0.25) is 0 Å². The van der Waals surface area contributed by atoms with Gasteiger partial charge >= 0.3 is 17.6 Å². The van der Waals surface area contributed by atoms with Crippen LogP contribution in [0.25, 0.3) is 0 Å². The van der Waals surface area contributed by atoms with Crippen LogP contribution in [0.15, 0.2) is 23.1 Å². The second kappa shape index (κ2) is 4.45. The number of nitro groups is 1. The highest BCUT2D eigenvalue weighted by molar-refractivity contribution is 9.10. The molecule has 2 rings (SSSR count). The summed E-state index contributed by atoms with van der Waals surface area (Å²) < 4.78 is 7.04. The zero-order chi connectivity index (χ0) is 12.4. The van der Waals surface area contributed by atoms with Gasteiger partial charge in [0.15, 0.2) is 0 Å². The van der Waals surface area contributed by atoms with E-state index in [2.05, 4.69) is 31.0 Å².